The molecule has 1 amide bonds. The number of nitrogens with zero attached hydrogens (tertiary/aromatic N) is 2. The third kappa shape index (κ3) is 5.16. The smallest absolute Gasteiger partial charge is 0.262 e. The number of nitrogens with one attached hydrogen (secondary N) is 2. The summed E-state index contributed by atoms with van der Waals surface area (Å²) < 4.78 is 26.2. The van der Waals surface area contributed by atoms with Crippen LogP contribution in [0.1, 0.15) is 25.7 Å². The Labute approximate surface area is 152 Å². The second-order valence-corrected chi connectivity index (χ2v) is 5.94. The molecule has 2 saturated heterocycles. The zero-order valence-electron chi connectivity index (χ0n) is 13.1. The molecule has 0 aromatic carbocycles. The van der Waals surface area contributed by atoms with E-state index in [1.54, 1.807) is 12.3 Å². The fraction of sp³-hybridized carbons (Fsp3) is 0.600. The molecule has 5 nitrogen and oxygen atoms in total. The molecule has 3 heterocycles. The Morgan fingerprint density at radius 2 is 1.96 bits per heavy atom. The van der Waals surface area contributed by atoms with Crippen molar-refractivity contribution in [2.75, 3.05) is 29.9 Å². The number of hydrogen-bond acceptors (Lipinski definition) is 4. The molecule has 9 heteroatoms. The largest absolute Gasteiger partial charge is 0.357 e. The lowest BCUT2D eigenvalue weighted by atomic mass is 10.1. The number of halogens is 4. The number of carbonyl (C=O) groups excluding carboxylic acids is 1. The van der Waals surface area contributed by atoms with Crippen molar-refractivity contribution in [1.82, 2.24) is 10.3 Å². The van der Waals surface area contributed by atoms with Crippen LogP contribution in [0.5, 0.6) is 0 Å². The van der Waals surface area contributed by atoms with E-state index in [1.165, 1.54) is 19.3 Å². The summed E-state index contributed by atoms with van der Waals surface area (Å²) in [5.41, 5.74) is 0.530. The van der Waals surface area contributed by atoms with Crippen molar-refractivity contribution in [3.05, 3.63) is 18.3 Å². The van der Waals surface area contributed by atoms with Gasteiger partial charge in [-0.2, -0.15) is 0 Å². The highest BCUT2D eigenvalue weighted by Crippen LogP contribution is 2.26. The van der Waals surface area contributed by atoms with Gasteiger partial charge in [0.2, 0.25) is 5.91 Å². The minimum absolute atomic E-state index is 0. The van der Waals surface area contributed by atoms with Crippen LogP contribution in [0.25, 0.3) is 0 Å². The molecular weight excluding hydrogens is 361 g/mol. The standard InChI is InChI=1S/C15H20F2N4O.2ClH/c16-15(17)8-12(19-10-15)14(22)20-11-4-5-13(18-9-11)21-6-2-1-3-7-21;;/h4-5,9,12,19H,1-3,6-8,10H2,(H,20,22);2*1H. The van der Waals surface area contributed by atoms with Gasteiger partial charge < -0.3 is 10.2 Å². The quantitative estimate of drug-likeness (QED) is 0.843. The Balaban J connectivity index is 0.00000144. The molecular formula is C15H22Cl2F2N4O. The van der Waals surface area contributed by atoms with E-state index in [4.69, 9.17) is 0 Å². The monoisotopic (exact) mass is 382 g/mol. The van der Waals surface area contributed by atoms with Crippen LogP contribution in [0.3, 0.4) is 0 Å². The average molecular weight is 383 g/mol. The molecule has 1 atom stereocenters. The molecule has 1 aromatic rings. The molecule has 136 valence electrons. The summed E-state index contributed by atoms with van der Waals surface area (Å²) in [4.78, 5) is 18.5. The Morgan fingerprint density at radius 3 is 2.50 bits per heavy atom. The number of piperidine rings is 1. The normalized spacial score (nSPS) is 22.2. The highest BCUT2D eigenvalue weighted by atomic mass is 35.5. The van der Waals surface area contributed by atoms with Gasteiger partial charge >= 0.3 is 0 Å². The number of rotatable bonds is 3. The van der Waals surface area contributed by atoms with E-state index in [0.717, 1.165) is 18.9 Å². The number of pyridine rings is 1. The maximum Gasteiger partial charge on any atom is 0.262 e. The first-order valence-corrected chi connectivity index (χ1v) is 7.67. The van der Waals surface area contributed by atoms with Gasteiger partial charge in [-0.1, -0.05) is 0 Å². The maximum absolute atomic E-state index is 13.1. The Morgan fingerprint density at radius 1 is 1.25 bits per heavy atom. The average Bonchev–Trinajstić information content (AvgIpc) is 2.89. The Kier molecular flexibility index (Phi) is 7.63. The summed E-state index contributed by atoms with van der Waals surface area (Å²) in [5, 5.41) is 5.18. The minimum atomic E-state index is -2.81. The van der Waals surface area contributed by atoms with Crippen molar-refractivity contribution in [3.63, 3.8) is 0 Å². The van der Waals surface area contributed by atoms with Gasteiger partial charge in [0.25, 0.3) is 5.92 Å². The van der Waals surface area contributed by atoms with Crippen molar-refractivity contribution in [2.24, 2.45) is 0 Å². The van der Waals surface area contributed by atoms with Crippen molar-refractivity contribution >= 4 is 42.2 Å². The summed E-state index contributed by atoms with van der Waals surface area (Å²) in [6.45, 7) is 1.55. The topological polar surface area (TPSA) is 57.3 Å². The summed E-state index contributed by atoms with van der Waals surface area (Å²) >= 11 is 0. The van der Waals surface area contributed by atoms with Crippen LogP contribution >= 0.6 is 24.8 Å². The van der Waals surface area contributed by atoms with Crippen LogP contribution < -0.4 is 15.5 Å². The van der Waals surface area contributed by atoms with Gasteiger partial charge in [0.1, 0.15) is 5.82 Å². The predicted octanol–water partition coefficient (Wildman–Crippen LogP) is 2.85. The van der Waals surface area contributed by atoms with Crippen molar-refractivity contribution in [1.29, 1.82) is 0 Å². The van der Waals surface area contributed by atoms with Crippen LogP contribution in [0, 0.1) is 0 Å². The van der Waals surface area contributed by atoms with Gasteiger partial charge in [0.15, 0.2) is 0 Å². The molecule has 0 spiro atoms. The number of aromatic nitrogens is 1. The number of amides is 1. The molecule has 24 heavy (non-hydrogen) atoms. The Bertz CT molecular complexity index is 539. The molecule has 0 saturated carbocycles. The Hall–Kier alpha value is -1.18. The molecule has 0 bridgehead atoms. The highest BCUT2D eigenvalue weighted by molar-refractivity contribution is 5.95. The predicted molar refractivity (Wildman–Crippen MR) is 94.8 cm³/mol. The second-order valence-electron chi connectivity index (χ2n) is 5.94. The van der Waals surface area contributed by atoms with Crippen molar-refractivity contribution < 1.29 is 13.6 Å². The van der Waals surface area contributed by atoms with Gasteiger partial charge in [-0.3, -0.25) is 10.1 Å². The summed E-state index contributed by atoms with van der Waals surface area (Å²) in [6, 6.07) is 2.77. The van der Waals surface area contributed by atoms with E-state index in [-0.39, 0.29) is 24.8 Å². The van der Waals surface area contributed by atoms with Crippen LogP contribution in [-0.4, -0.2) is 42.5 Å². The molecule has 1 aromatic heterocycles. The zero-order valence-corrected chi connectivity index (χ0v) is 14.8. The lowest BCUT2D eigenvalue weighted by Gasteiger charge is -2.27. The molecule has 2 aliphatic heterocycles. The van der Waals surface area contributed by atoms with E-state index < -0.39 is 30.8 Å². The first kappa shape index (κ1) is 20.9. The highest BCUT2D eigenvalue weighted by Gasteiger charge is 2.42. The van der Waals surface area contributed by atoms with Gasteiger partial charge in [-0.05, 0) is 31.4 Å². The fourth-order valence-corrected chi connectivity index (χ4v) is 2.90. The van der Waals surface area contributed by atoms with Gasteiger partial charge in [-0.15, -0.1) is 24.8 Å². The number of alkyl halides is 2. The van der Waals surface area contributed by atoms with E-state index in [1.807, 2.05) is 6.07 Å². The van der Waals surface area contributed by atoms with Gasteiger partial charge in [-0.25, -0.2) is 13.8 Å². The molecule has 2 fully saturated rings. The second kappa shape index (κ2) is 8.78. The van der Waals surface area contributed by atoms with Crippen molar-refractivity contribution in [2.45, 2.75) is 37.6 Å². The van der Waals surface area contributed by atoms with Crippen molar-refractivity contribution in [3.8, 4) is 0 Å². The molecule has 0 aliphatic carbocycles. The number of hydrogen-bond donors (Lipinski definition) is 2. The van der Waals surface area contributed by atoms with E-state index in [0.29, 0.717) is 5.69 Å². The van der Waals surface area contributed by atoms with Crippen LogP contribution in [-0.2, 0) is 4.79 Å². The number of anilines is 2. The van der Waals surface area contributed by atoms with Crippen LogP contribution in [0.4, 0.5) is 20.3 Å². The summed E-state index contributed by atoms with van der Waals surface area (Å²) in [7, 11) is 0. The molecule has 1 unspecified atom stereocenters. The molecule has 3 rings (SSSR count). The minimum Gasteiger partial charge on any atom is -0.357 e. The number of carbonyl (C=O) groups is 1. The molecule has 2 N–H and O–H groups in total. The lowest BCUT2D eigenvalue weighted by molar-refractivity contribution is -0.118. The molecule has 0 radical (unpaired) electrons. The van der Waals surface area contributed by atoms with Crippen LogP contribution in [0.2, 0.25) is 0 Å². The first-order chi connectivity index (χ1) is 10.5. The third-order valence-corrected chi connectivity index (χ3v) is 4.12. The van der Waals surface area contributed by atoms with E-state index in [2.05, 4.69) is 20.5 Å². The summed E-state index contributed by atoms with van der Waals surface area (Å²) in [5.74, 6) is -2.36. The fourth-order valence-electron chi connectivity index (χ4n) is 2.90. The first-order valence-electron chi connectivity index (χ1n) is 7.67. The van der Waals surface area contributed by atoms with Gasteiger partial charge in [0.05, 0.1) is 24.5 Å². The van der Waals surface area contributed by atoms with E-state index >= 15 is 0 Å². The van der Waals surface area contributed by atoms with E-state index in [9.17, 15) is 13.6 Å². The van der Waals surface area contributed by atoms with Gasteiger partial charge in [0, 0.05) is 19.5 Å². The SMILES string of the molecule is Cl.Cl.O=C(Nc1ccc(N2CCCCC2)nc1)C1CC(F)(F)CN1. The summed E-state index contributed by atoms with van der Waals surface area (Å²) in [6.07, 6.45) is 4.71. The zero-order chi connectivity index (χ0) is 15.6. The van der Waals surface area contributed by atoms with Crippen LogP contribution in [0.15, 0.2) is 18.3 Å². The molecule has 2 aliphatic rings. The maximum atomic E-state index is 13.1. The lowest BCUT2D eigenvalue weighted by Crippen LogP contribution is -2.35. The third-order valence-electron chi connectivity index (χ3n) is 4.12.